The number of rotatable bonds is 2. The molecule has 0 aliphatic carbocycles. The minimum Gasteiger partial charge on any atom is -0.298 e. The SMILES string of the molecule is CC(=S)c1ccc(C=O)cc1. The zero-order chi connectivity index (χ0) is 8.27. The Morgan fingerprint density at radius 1 is 1.36 bits per heavy atom. The Morgan fingerprint density at radius 3 is 2.27 bits per heavy atom. The molecule has 0 radical (unpaired) electrons. The summed E-state index contributed by atoms with van der Waals surface area (Å²) >= 11 is 4.95. The van der Waals surface area contributed by atoms with E-state index in [9.17, 15) is 4.79 Å². The highest BCUT2D eigenvalue weighted by molar-refractivity contribution is 7.80. The third kappa shape index (κ3) is 1.95. The molecule has 0 saturated heterocycles. The molecule has 11 heavy (non-hydrogen) atoms. The topological polar surface area (TPSA) is 17.1 Å². The Balaban J connectivity index is 3.00. The number of aldehydes is 1. The maximum Gasteiger partial charge on any atom is 0.150 e. The van der Waals surface area contributed by atoms with Crippen LogP contribution in [0.25, 0.3) is 0 Å². The van der Waals surface area contributed by atoms with Gasteiger partial charge in [-0.05, 0) is 12.5 Å². The van der Waals surface area contributed by atoms with Crippen molar-refractivity contribution in [1.29, 1.82) is 0 Å². The molecule has 0 amide bonds. The predicted molar refractivity (Wildman–Crippen MR) is 49.2 cm³/mol. The third-order valence-corrected chi connectivity index (χ3v) is 1.69. The van der Waals surface area contributed by atoms with Gasteiger partial charge in [0.25, 0.3) is 0 Å². The highest BCUT2D eigenvalue weighted by atomic mass is 32.1. The molecule has 1 nitrogen and oxygen atoms in total. The van der Waals surface area contributed by atoms with Crippen LogP contribution in [0.5, 0.6) is 0 Å². The lowest BCUT2D eigenvalue weighted by Gasteiger charge is -1.95. The van der Waals surface area contributed by atoms with E-state index in [1.54, 1.807) is 12.1 Å². The summed E-state index contributed by atoms with van der Waals surface area (Å²) in [7, 11) is 0. The van der Waals surface area contributed by atoms with Gasteiger partial charge in [0, 0.05) is 10.4 Å². The summed E-state index contributed by atoms with van der Waals surface area (Å²) in [6, 6.07) is 7.23. The molecule has 1 aromatic rings. The average molecular weight is 164 g/mol. The number of carbonyl (C=O) groups excluding carboxylic acids is 1. The molecule has 56 valence electrons. The zero-order valence-corrected chi connectivity index (χ0v) is 7.02. The van der Waals surface area contributed by atoms with Gasteiger partial charge in [-0.2, -0.15) is 0 Å². The molecular weight excluding hydrogens is 156 g/mol. The fraction of sp³-hybridized carbons (Fsp3) is 0.111. The van der Waals surface area contributed by atoms with Crippen molar-refractivity contribution in [3.8, 4) is 0 Å². The summed E-state index contributed by atoms with van der Waals surface area (Å²) < 4.78 is 0. The van der Waals surface area contributed by atoms with Crippen molar-refractivity contribution in [3.63, 3.8) is 0 Å². The van der Waals surface area contributed by atoms with E-state index < -0.39 is 0 Å². The molecule has 0 spiro atoms. The highest BCUT2D eigenvalue weighted by Crippen LogP contribution is 2.03. The quantitative estimate of drug-likeness (QED) is 0.379. The van der Waals surface area contributed by atoms with Crippen molar-refractivity contribution >= 4 is 23.4 Å². The second-order valence-corrected chi connectivity index (χ2v) is 2.91. The average Bonchev–Trinajstić information content (AvgIpc) is 2.05. The van der Waals surface area contributed by atoms with Crippen molar-refractivity contribution < 1.29 is 4.79 Å². The molecule has 2 heteroatoms. The third-order valence-electron chi connectivity index (χ3n) is 1.45. The molecule has 1 rings (SSSR count). The van der Waals surface area contributed by atoms with E-state index >= 15 is 0 Å². The summed E-state index contributed by atoms with van der Waals surface area (Å²) in [5, 5.41) is 0. The monoisotopic (exact) mass is 164 g/mol. The van der Waals surface area contributed by atoms with Gasteiger partial charge in [-0.25, -0.2) is 0 Å². The summed E-state index contributed by atoms with van der Waals surface area (Å²) in [5.74, 6) is 0. The maximum atomic E-state index is 10.3. The van der Waals surface area contributed by atoms with Gasteiger partial charge in [0.05, 0.1) is 0 Å². The second-order valence-electron chi connectivity index (χ2n) is 2.30. The number of carbonyl (C=O) groups is 1. The van der Waals surface area contributed by atoms with Gasteiger partial charge in [0.2, 0.25) is 0 Å². The summed E-state index contributed by atoms with van der Waals surface area (Å²) in [5.41, 5.74) is 1.69. The Hall–Kier alpha value is -1.02. The van der Waals surface area contributed by atoms with Gasteiger partial charge in [-0.15, -0.1) is 0 Å². The van der Waals surface area contributed by atoms with Crippen LogP contribution in [0, 0.1) is 0 Å². The van der Waals surface area contributed by atoms with Crippen LogP contribution >= 0.6 is 12.2 Å². The van der Waals surface area contributed by atoms with E-state index in [-0.39, 0.29) is 0 Å². The molecule has 0 atom stereocenters. The maximum absolute atomic E-state index is 10.3. The van der Waals surface area contributed by atoms with Crippen molar-refractivity contribution in [3.05, 3.63) is 35.4 Å². The van der Waals surface area contributed by atoms with Gasteiger partial charge >= 0.3 is 0 Å². The fourth-order valence-corrected chi connectivity index (χ4v) is 0.932. The Morgan fingerprint density at radius 2 is 1.91 bits per heavy atom. The van der Waals surface area contributed by atoms with Crippen LogP contribution in [0.15, 0.2) is 24.3 Å². The van der Waals surface area contributed by atoms with Crippen LogP contribution < -0.4 is 0 Å². The van der Waals surface area contributed by atoms with E-state index in [1.807, 2.05) is 19.1 Å². The van der Waals surface area contributed by atoms with Gasteiger partial charge in [0.1, 0.15) is 6.29 Å². The molecule has 0 aromatic heterocycles. The molecule has 0 saturated carbocycles. The van der Waals surface area contributed by atoms with Crippen LogP contribution in [0.3, 0.4) is 0 Å². The van der Waals surface area contributed by atoms with Crippen LogP contribution in [0.4, 0.5) is 0 Å². The van der Waals surface area contributed by atoms with Crippen molar-refractivity contribution in [1.82, 2.24) is 0 Å². The highest BCUT2D eigenvalue weighted by Gasteiger charge is 1.93. The van der Waals surface area contributed by atoms with E-state index in [0.717, 1.165) is 16.7 Å². The Kier molecular flexibility index (Phi) is 2.49. The summed E-state index contributed by atoms with van der Waals surface area (Å²) in [6.07, 6.45) is 0.822. The van der Waals surface area contributed by atoms with E-state index in [2.05, 4.69) is 0 Å². The van der Waals surface area contributed by atoms with Gasteiger partial charge in [-0.3, -0.25) is 4.79 Å². The minimum atomic E-state index is 0.685. The second kappa shape index (κ2) is 3.39. The van der Waals surface area contributed by atoms with Crippen LogP contribution in [0.2, 0.25) is 0 Å². The Bertz CT molecular complexity index is 274. The van der Waals surface area contributed by atoms with Crippen LogP contribution in [0.1, 0.15) is 22.8 Å². The van der Waals surface area contributed by atoms with E-state index in [1.165, 1.54) is 0 Å². The van der Waals surface area contributed by atoms with Crippen molar-refractivity contribution in [2.75, 3.05) is 0 Å². The van der Waals surface area contributed by atoms with E-state index in [4.69, 9.17) is 12.2 Å². The summed E-state index contributed by atoms with van der Waals surface area (Å²) in [4.78, 5) is 11.1. The first-order chi connectivity index (χ1) is 5.24. The van der Waals surface area contributed by atoms with E-state index in [0.29, 0.717) is 5.56 Å². The molecule has 0 heterocycles. The van der Waals surface area contributed by atoms with Crippen molar-refractivity contribution in [2.45, 2.75) is 6.92 Å². The fourth-order valence-electron chi connectivity index (χ4n) is 0.796. The molecule has 0 unspecified atom stereocenters. The number of hydrogen-bond donors (Lipinski definition) is 0. The zero-order valence-electron chi connectivity index (χ0n) is 6.20. The molecule has 0 N–H and O–H groups in total. The lowest BCUT2D eigenvalue weighted by atomic mass is 10.1. The number of benzene rings is 1. The molecule has 0 bridgehead atoms. The number of hydrogen-bond acceptors (Lipinski definition) is 2. The van der Waals surface area contributed by atoms with Crippen LogP contribution in [-0.4, -0.2) is 11.2 Å². The molecule has 0 fully saturated rings. The first-order valence-electron chi connectivity index (χ1n) is 3.30. The van der Waals surface area contributed by atoms with Gasteiger partial charge in [-0.1, -0.05) is 36.5 Å². The lowest BCUT2D eigenvalue weighted by molar-refractivity contribution is 0.112. The molecule has 0 aliphatic rings. The molecule has 1 aromatic carbocycles. The summed E-state index contributed by atoms with van der Waals surface area (Å²) in [6.45, 7) is 1.87. The largest absolute Gasteiger partial charge is 0.298 e. The molecule has 0 aliphatic heterocycles. The Labute approximate surface area is 71.0 Å². The normalized spacial score (nSPS) is 9.18. The van der Waals surface area contributed by atoms with Crippen molar-refractivity contribution in [2.24, 2.45) is 0 Å². The minimum absolute atomic E-state index is 0.685. The van der Waals surface area contributed by atoms with Gasteiger partial charge < -0.3 is 0 Å². The smallest absolute Gasteiger partial charge is 0.150 e. The van der Waals surface area contributed by atoms with Gasteiger partial charge in [0.15, 0.2) is 0 Å². The molecular formula is C9H8OS. The first-order valence-corrected chi connectivity index (χ1v) is 3.71. The number of thiocarbonyl (C=S) groups is 1. The first kappa shape index (κ1) is 8.08. The predicted octanol–water partition coefficient (Wildman–Crippen LogP) is 2.24. The van der Waals surface area contributed by atoms with Crippen LogP contribution in [-0.2, 0) is 0 Å². The standard InChI is InChI=1S/C9H8OS/c1-7(11)9-4-2-8(6-10)3-5-9/h2-6H,1H3. The lowest BCUT2D eigenvalue weighted by Crippen LogP contribution is -1.89.